The molecular weight excluding hydrogens is 316 g/mol. The van der Waals surface area contributed by atoms with E-state index in [0.29, 0.717) is 19.1 Å². The number of benzene rings is 1. The van der Waals surface area contributed by atoms with Crippen LogP contribution in [0, 0.1) is 26.7 Å². The Morgan fingerprint density at radius 1 is 1.32 bits per heavy atom. The third-order valence-corrected chi connectivity index (χ3v) is 5.03. The van der Waals surface area contributed by atoms with Crippen LogP contribution in [0.15, 0.2) is 18.5 Å². The fourth-order valence-electron chi connectivity index (χ4n) is 3.33. The van der Waals surface area contributed by atoms with E-state index in [2.05, 4.69) is 46.1 Å². The van der Waals surface area contributed by atoms with Crippen LogP contribution in [0.1, 0.15) is 28.9 Å². The van der Waals surface area contributed by atoms with E-state index in [1.54, 1.807) is 6.33 Å². The van der Waals surface area contributed by atoms with Gasteiger partial charge in [-0.25, -0.2) is 0 Å². The number of hydrogen-bond acceptors (Lipinski definition) is 5. The molecule has 1 aromatic carbocycles. The van der Waals surface area contributed by atoms with Gasteiger partial charge in [-0.2, -0.15) is 0 Å². The van der Waals surface area contributed by atoms with E-state index in [9.17, 15) is 5.11 Å². The lowest BCUT2D eigenvalue weighted by molar-refractivity contribution is 0.104. The van der Waals surface area contributed by atoms with Crippen LogP contribution >= 0.6 is 0 Å². The van der Waals surface area contributed by atoms with Crippen LogP contribution in [0.4, 0.5) is 0 Å². The first-order chi connectivity index (χ1) is 12.0. The van der Waals surface area contributed by atoms with Crippen molar-refractivity contribution in [3.8, 4) is 5.75 Å². The lowest BCUT2D eigenvalue weighted by Crippen LogP contribution is -2.36. The third kappa shape index (κ3) is 4.38. The van der Waals surface area contributed by atoms with Gasteiger partial charge in [0.25, 0.3) is 0 Å². The van der Waals surface area contributed by atoms with Crippen molar-refractivity contribution in [2.45, 2.75) is 46.3 Å². The highest BCUT2D eigenvalue weighted by Crippen LogP contribution is 2.25. The summed E-state index contributed by atoms with van der Waals surface area (Å²) in [5.74, 6) is 2.53. The molecule has 136 valence electrons. The van der Waals surface area contributed by atoms with E-state index in [1.165, 1.54) is 5.56 Å². The second kappa shape index (κ2) is 7.97. The van der Waals surface area contributed by atoms with Gasteiger partial charge in [-0.05, 0) is 56.3 Å². The van der Waals surface area contributed by atoms with Crippen molar-refractivity contribution in [1.29, 1.82) is 0 Å². The first kappa shape index (κ1) is 17.9. The summed E-state index contributed by atoms with van der Waals surface area (Å²) >= 11 is 0. The number of ether oxygens (including phenoxy) is 1. The average Bonchev–Trinajstić information content (AvgIpc) is 3.06. The number of fused-ring (bicyclic) bond motifs is 1. The van der Waals surface area contributed by atoms with Crippen molar-refractivity contribution in [3.63, 3.8) is 0 Å². The maximum absolute atomic E-state index is 10.2. The molecule has 1 aliphatic rings. The molecule has 0 unspecified atom stereocenters. The Bertz CT molecular complexity index is 713. The third-order valence-electron chi connectivity index (χ3n) is 5.03. The second-order valence-corrected chi connectivity index (χ2v) is 7.08. The standard InChI is InChI=1S/C19H28N4O2/c1-13-4-5-14(2)19(15(13)3)25-11-17(24)9-20-8-16-6-7-18-22-21-12-23(18)10-16/h4-5,12,16-17,20,24H,6-11H2,1-3H3/t16-,17+/m1/s1. The van der Waals surface area contributed by atoms with Crippen LogP contribution in [0.5, 0.6) is 5.75 Å². The van der Waals surface area contributed by atoms with Gasteiger partial charge in [0.15, 0.2) is 0 Å². The quantitative estimate of drug-likeness (QED) is 0.801. The molecule has 2 N–H and O–H groups in total. The van der Waals surface area contributed by atoms with Gasteiger partial charge in [-0.15, -0.1) is 10.2 Å². The van der Waals surface area contributed by atoms with Crippen molar-refractivity contribution in [1.82, 2.24) is 20.1 Å². The smallest absolute Gasteiger partial charge is 0.132 e. The molecular formula is C19H28N4O2. The summed E-state index contributed by atoms with van der Waals surface area (Å²) in [5, 5.41) is 21.6. The molecule has 3 rings (SSSR count). The topological polar surface area (TPSA) is 72.2 Å². The summed E-state index contributed by atoms with van der Waals surface area (Å²) in [5.41, 5.74) is 3.46. The fraction of sp³-hybridized carbons (Fsp3) is 0.579. The molecule has 2 atom stereocenters. The van der Waals surface area contributed by atoms with E-state index < -0.39 is 6.10 Å². The molecule has 0 amide bonds. The number of nitrogens with zero attached hydrogens (tertiary/aromatic N) is 3. The molecule has 0 saturated carbocycles. The lowest BCUT2D eigenvalue weighted by Gasteiger charge is -2.24. The van der Waals surface area contributed by atoms with Crippen molar-refractivity contribution < 1.29 is 9.84 Å². The number of aromatic nitrogens is 3. The minimum absolute atomic E-state index is 0.304. The average molecular weight is 344 g/mol. The summed E-state index contributed by atoms with van der Waals surface area (Å²) in [6.45, 7) is 8.85. The Kier molecular flexibility index (Phi) is 5.71. The molecule has 6 heteroatoms. The van der Waals surface area contributed by atoms with Gasteiger partial charge in [0.1, 0.15) is 30.6 Å². The SMILES string of the molecule is Cc1ccc(C)c(OC[C@@H](O)CNC[C@H]2CCc3nncn3C2)c1C. The zero-order valence-electron chi connectivity index (χ0n) is 15.3. The predicted molar refractivity (Wildman–Crippen MR) is 96.9 cm³/mol. The first-order valence-electron chi connectivity index (χ1n) is 8.99. The first-order valence-corrected chi connectivity index (χ1v) is 8.99. The van der Waals surface area contributed by atoms with E-state index in [4.69, 9.17) is 4.74 Å². The number of aryl methyl sites for hydroxylation is 3. The van der Waals surface area contributed by atoms with E-state index in [1.807, 2.05) is 6.92 Å². The summed E-state index contributed by atoms with van der Waals surface area (Å²) in [6, 6.07) is 4.16. The van der Waals surface area contributed by atoms with Gasteiger partial charge in [0.2, 0.25) is 0 Å². The minimum Gasteiger partial charge on any atom is -0.490 e. The predicted octanol–water partition coefficient (Wildman–Crippen LogP) is 1.80. The van der Waals surface area contributed by atoms with Gasteiger partial charge < -0.3 is 19.7 Å². The van der Waals surface area contributed by atoms with Crippen molar-refractivity contribution in [2.24, 2.45) is 5.92 Å². The Morgan fingerprint density at radius 2 is 2.12 bits per heavy atom. The molecule has 0 fully saturated rings. The highest BCUT2D eigenvalue weighted by Gasteiger charge is 2.19. The number of hydrogen-bond donors (Lipinski definition) is 2. The van der Waals surface area contributed by atoms with E-state index in [-0.39, 0.29) is 0 Å². The molecule has 1 aromatic heterocycles. The fourth-order valence-corrected chi connectivity index (χ4v) is 3.33. The van der Waals surface area contributed by atoms with E-state index >= 15 is 0 Å². The normalized spacial score (nSPS) is 18.0. The molecule has 6 nitrogen and oxygen atoms in total. The summed E-state index contributed by atoms with van der Waals surface area (Å²) in [6.07, 6.45) is 3.37. The van der Waals surface area contributed by atoms with Crippen LogP contribution in [0.25, 0.3) is 0 Å². The molecule has 2 heterocycles. The number of aliphatic hydroxyl groups excluding tert-OH is 1. The highest BCUT2D eigenvalue weighted by atomic mass is 16.5. The molecule has 1 aliphatic heterocycles. The minimum atomic E-state index is -0.520. The second-order valence-electron chi connectivity index (χ2n) is 7.08. The molecule has 0 radical (unpaired) electrons. The van der Waals surface area contributed by atoms with Crippen LogP contribution in [0.3, 0.4) is 0 Å². The Hall–Kier alpha value is -1.92. The lowest BCUT2D eigenvalue weighted by atomic mass is 9.99. The zero-order valence-corrected chi connectivity index (χ0v) is 15.3. The highest BCUT2D eigenvalue weighted by molar-refractivity contribution is 5.44. The molecule has 25 heavy (non-hydrogen) atoms. The Morgan fingerprint density at radius 3 is 2.96 bits per heavy atom. The Labute approximate surface area is 149 Å². The summed E-state index contributed by atoms with van der Waals surface area (Å²) in [7, 11) is 0. The van der Waals surface area contributed by atoms with Crippen molar-refractivity contribution >= 4 is 0 Å². The van der Waals surface area contributed by atoms with Crippen molar-refractivity contribution in [3.05, 3.63) is 41.0 Å². The number of nitrogens with one attached hydrogen (secondary N) is 1. The monoisotopic (exact) mass is 344 g/mol. The van der Waals surface area contributed by atoms with Crippen molar-refractivity contribution in [2.75, 3.05) is 19.7 Å². The molecule has 0 bridgehead atoms. The van der Waals surface area contributed by atoms with E-state index in [0.717, 1.165) is 48.6 Å². The zero-order chi connectivity index (χ0) is 17.8. The van der Waals surface area contributed by atoms with Crippen LogP contribution < -0.4 is 10.1 Å². The summed E-state index contributed by atoms with van der Waals surface area (Å²) < 4.78 is 8.00. The van der Waals surface area contributed by atoms with Gasteiger partial charge >= 0.3 is 0 Å². The molecule has 0 spiro atoms. The maximum atomic E-state index is 10.2. The largest absolute Gasteiger partial charge is 0.490 e. The van der Waals surface area contributed by atoms with Gasteiger partial charge in [-0.3, -0.25) is 0 Å². The van der Waals surface area contributed by atoms with Gasteiger partial charge in [0, 0.05) is 19.5 Å². The Balaban J connectivity index is 1.40. The number of aliphatic hydroxyl groups is 1. The van der Waals surface area contributed by atoms with Crippen LogP contribution in [0.2, 0.25) is 0 Å². The molecule has 0 aliphatic carbocycles. The maximum Gasteiger partial charge on any atom is 0.132 e. The molecule has 0 saturated heterocycles. The summed E-state index contributed by atoms with van der Waals surface area (Å²) in [4.78, 5) is 0. The number of rotatable bonds is 7. The van der Waals surface area contributed by atoms with Crippen LogP contribution in [-0.4, -0.2) is 45.7 Å². The van der Waals surface area contributed by atoms with Gasteiger partial charge in [-0.1, -0.05) is 12.1 Å². The van der Waals surface area contributed by atoms with Gasteiger partial charge in [0.05, 0.1) is 0 Å². The van der Waals surface area contributed by atoms with Crippen LogP contribution in [-0.2, 0) is 13.0 Å². The molecule has 2 aromatic rings.